The van der Waals surface area contributed by atoms with Crippen molar-refractivity contribution in [1.29, 1.82) is 0 Å². The lowest BCUT2D eigenvalue weighted by atomic mass is 10.0. The van der Waals surface area contributed by atoms with Crippen LogP contribution < -0.4 is 5.32 Å². The van der Waals surface area contributed by atoms with E-state index in [9.17, 15) is 0 Å². The predicted molar refractivity (Wildman–Crippen MR) is 95.0 cm³/mol. The van der Waals surface area contributed by atoms with Gasteiger partial charge in [-0.3, -0.25) is 0 Å². The fraction of sp³-hybridized carbons (Fsp3) is 0.412. The summed E-state index contributed by atoms with van der Waals surface area (Å²) in [6, 6.07) is 8.25. The lowest BCUT2D eigenvalue weighted by molar-refractivity contribution is 0.536. The molecule has 0 saturated carbocycles. The van der Waals surface area contributed by atoms with Crippen LogP contribution in [0.2, 0.25) is 10.0 Å². The summed E-state index contributed by atoms with van der Waals surface area (Å²) in [5, 5.41) is 5.15. The third kappa shape index (κ3) is 4.46. The van der Waals surface area contributed by atoms with Gasteiger partial charge in [0.25, 0.3) is 0 Å². The van der Waals surface area contributed by atoms with Crippen LogP contribution in [0.1, 0.15) is 40.3 Å². The first-order valence-electron chi connectivity index (χ1n) is 7.25. The van der Waals surface area contributed by atoms with Crippen molar-refractivity contribution >= 4 is 34.5 Å². The fourth-order valence-electron chi connectivity index (χ4n) is 2.29. The second kappa shape index (κ2) is 7.64. The summed E-state index contributed by atoms with van der Waals surface area (Å²) in [6.07, 6.45) is 1.97. The third-order valence-corrected chi connectivity index (χ3v) is 5.47. The Labute approximate surface area is 141 Å². The summed E-state index contributed by atoms with van der Waals surface area (Å²) < 4.78 is 0. The van der Waals surface area contributed by atoms with Gasteiger partial charge in [-0.2, -0.15) is 0 Å². The second-order valence-corrected chi connectivity index (χ2v) is 7.47. The van der Waals surface area contributed by atoms with E-state index in [0.29, 0.717) is 6.04 Å². The molecule has 0 radical (unpaired) electrons. The zero-order valence-corrected chi connectivity index (χ0v) is 15.0. The minimum Gasteiger partial charge on any atom is -0.309 e. The first-order chi connectivity index (χ1) is 10.0. The van der Waals surface area contributed by atoms with E-state index in [1.54, 1.807) is 0 Å². The van der Waals surface area contributed by atoms with Gasteiger partial charge in [-0.05, 0) is 68.6 Å². The van der Waals surface area contributed by atoms with Crippen molar-refractivity contribution < 1.29 is 0 Å². The molecule has 1 nitrogen and oxygen atoms in total. The molecule has 1 aromatic heterocycles. The maximum absolute atomic E-state index is 6.32. The monoisotopic (exact) mass is 341 g/mol. The molecular formula is C17H21Cl2NS. The molecule has 0 spiro atoms. The average Bonchev–Trinajstić information content (AvgIpc) is 2.78. The smallest absolute Gasteiger partial charge is 0.0456 e. The number of hydrogen-bond acceptors (Lipinski definition) is 2. The van der Waals surface area contributed by atoms with Crippen LogP contribution in [-0.4, -0.2) is 6.54 Å². The summed E-state index contributed by atoms with van der Waals surface area (Å²) in [5.41, 5.74) is 2.46. The number of thiophene rings is 1. The summed E-state index contributed by atoms with van der Waals surface area (Å²) in [6.45, 7) is 7.52. The molecule has 21 heavy (non-hydrogen) atoms. The molecule has 1 aromatic carbocycles. The van der Waals surface area contributed by atoms with Crippen molar-refractivity contribution in [3.63, 3.8) is 0 Å². The molecule has 0 fully saturated rings. The van der Waals surface area contributed by atoms with Crippen LogP contribution in [0.25, 0.3) is 0 Å². The molecule has 1 N–H and O–H groups in total. The lowest BCUT2D eigenvalue weighted by Gasteiger charge is -2.18. The van der Waals surface area contributed by atoms with E-state index >= 15 is 0 Å². The molecule has 1 heterocycles. The van der Waals surface area contributed by atoms with Gasteiger partial charge in [0.05, 0.1) is 0 Å². The molecule has 4 heteroatoms. The van der Waals surface area contributed by atoms with E-state index in [0.717, 1.165) is 35.0 Å². The Hall–Kier alpha value is -0.540. The highest BCUT2D eigenvalue weighted by atomic mass is 35.5. The topological polar surface area (TPSA) is 12.0 Å². The van der Waals surface area contributed by atoms with E-state index in [2.05, 4.69) is 32.2 Å². The van der Waals surface area contributed by atoms with Gasteiger partial charge in [0.15, 0.2) is 0 Å². The lowest BCUT2D eigenvalue weighted by Crippen LogP contribution is -2.23. The quantitative estimate of drug-likeness (QED) is 0.683. The Bertz CT molecular complexity index is 587. The molecule has 0 aliphatic heterocycles. The van der Waals surface area contributed by atoms with Crippen molar-refractivity contribution in [2.24, 2.45) is 0 Å². The number of nitrogens with one attached hydrogen (secondary N) is 1. The van der Waals surface area contributed by atoms with E-state index in [1.807, 2.05) is 29.5 Å². The van der Waals surface area contributed by atoms with Crippen LogP contribution in [0.5, 0.6) is 0 Å². The molecule has 0 saturated heterocycles. The summed E-state index contributed by atoms with van der Waals surface area (Å²) in [4.78, 5) is 2.75. The molecule has 0 amide bonds. The Kier molecular flexibility index (Phi) is 6.12. The highest BCUT2D eigenvalue weighted by Crippen LogP contribution is 2.31. The first-order valence-corrected chi connectivity index (χ1v) is 8.82. The SMILES string of the molecule is CCCNC(Cc1cc(Cl)ccc1Cl)c1cc(C)c(C)s1. The van der Waals surface area contributed by atoms with Crippen LogP contribution in [0, 0.1) is 13.8 Å². The van der Waals surface area contributed by atoms with Crippen LogP contribution in [-0.2, 0) is 6.42 Å². The molecule has 0 bridgehead atoms. The normalized spacial score (nSPS) is 12.6. The molecular weight excluding hydrogens is 321 g/mol. The van der Waals surface area contributed by atoms with Crippen molar-refractivity contribution in [2.45, 2.75) is 39.7 Å². The van der Waals surface area contributed by atoms with Crippen LogP contribution in [0.4, 0.5) is 0 Å². The molecule has 0 aliphatic carbocycles. The maximum atomic E-state index is 6.32. The van der Waals surface area contributed by atoms with Crippen molar-refractivity contribution in [1.82, 2.24) is 5.32 Å². The van der Waals surface area contributed by atoms with E-state index in [-0.39, 0.29) is 0 Å². The van der Waals surface area contributed by atoms with E-state index < -0.39 is 0 Å². The number of hydrogen-bond donors (Lipinski definition) is 1. The zero-order valence-electron chi connectivity index (χ0n) is 12.7. The minimum atomic E-state index is 0.290. The van der Waals surface area contributed by atoms with Crippen LogP contribution >= 0.6 is 34.5 Å². The van der Waals surface area contributed by atoms with Gasteiger partial charge >= 0.3 is 0 Å². The second-order valence-electron chi connectivity index (χ2n) is 5.33. The predicted octanol–water partition coefficient (Wildman–Crippen LogP) is 5.96. The summed E-state index contributed by atoms with van der Waals surface area (Å²) >= 11 is 14.3. The van der Waals surface area contributed by atoms with Gasteiger partial charge in [0.2, 0.25) is 0 Å². The van der Waals surface area contributed by atoms with Gasteiger partial charge in [-0.15, -0.1) is 11.3 Å². The van der Waals surface area contributed by atoms with Crippen LogP contribution in [0.15, 0.2) is 24.3 Å². The third-order valence-electron chi connectivity index (χ3n) is 3.60. The average molecular weight is 342 g/mol. The van der Waals surface area contributed by atoms with Gasteiger partial charge in [0, 0.05) is 25.8 Å². The number of rotatable bonds is 6. The van der Waals surface area contributed by atoms with Gasteiger partial charge in [-0.25, -0.2) is 0 Å². The zero-order chi connectivity index (χ0) is 15.4. The Morgan fingerprint density at radius 2 is 1.95 bits per heavy atom. The largest absolute Gasteiger partial charge is 0.309 e. The molecule has 0 aliphatic rings. The molecule has 2 rings (SSSR count). The highest BCUT2D eigenvalue weighted by molar-refractivity contribution is 7.12. The molecule has 2 aromatic rings. The van der Waals surface area contributed by atoms with Gasteiger partial charge in [-0.1, -0.05) is 30.1 Å². The fourth-order valence-corrected chi connectivity index (χ4v) is 3.79. The van der Waals surface area contributed by atoms with Crippen molar-refractivity contribution in [3.8, 4) is 0 Å². The number of benzene rings is 1. The van der Waals surface area contributed by atoms with E-state index in [1.165, 1.54) is 15.3 Å². The highest BCUT2D eigenvalue weighted by Gasteiger charge is 2.16. The van der Waals surface area contributed by atoms with Crippen LogP contribution in [0.3, 0.4) is 0 Å². The molecule has 1 atom stereocenters. The Morgan fingerprint density at radius 3 is 2.57 bits per heavy atom. The van der Waals surface area contributed by atoms with Gasteiger partial charge in [0.1, 0.15) is 0 Å². The van der Waals surface area contributed by atoms with E-state index in [4.69, 9.17) is 23.2 Å². The standard InChI is InChI=1S/C17H21Cl2NS/c1-4-7-20-16(17-8-11(2)12(3)21-17)10-13-9-14(18)5-6-15(13)19/h5-6,8-9,16,20H,4,7,10H2,1-3H3. The molecule has 114 valence electrons. The molecule has 1 unspecified atom stereocenters. The first kappa shape index (κ1) is 16.8. The Balaban J connectivity index is 2.25. The summed E-state index contributed by atoms with van der Waals surface area (Å²) in [5.74, 6) is 0. The van der Waals surface area contributed by atoms with Gasteiger partial charge < -0.3 is 5.32 Å². The summed E-state index contributed by atoms with van der Waals surface area (Å²) in [7, 11) is 0. The van der Waals surface area contributed by atoms with Crippen molar-refractivity contribution in [2.75, 3.05) is 6.54 Å². The number of aryl methyl sites for hydroxylation is 2. The van der Waals surface area contributed by atoms with Crippen molar-refractivity contribution in [3.05, 3.63) is 55.2 Å². The maximum Gasteiger partial charge on any atom is 0.0456 e. The minimum absolute atomic E-state index is 0.290. The Morgan fingerprint density at radius 1 is 1.19 bits per heavy atom. The number of halogens is 2.